The summed E-state index contributed by atoms with van der Waals surface area (Å²) in [5, 5.41) is 17.0. The molecule has 6 heteroatoms. The molecule has 1 aromatic heterocycles. The van der Waals surface area contributed by atoms with Crippen LogP contribution in [0.1, 0.15) is 34.9 Å². The molecule has 0 aliphatic heterocycles. The molecule has 1 aromatic carbocycles. The number of nitrogens with zero attached hydrogens (tertiary/aromatic N) is 3. The number of hydrogen-bond donors (Lipinski definition) is 1. The predicted octanol–water partition coefficient (Wildman–Crippen LogP) is 2.56. The Morgan fingerprint density at radius 2 is 2.26 bits per heavy atom. The molecule has 0 bridgehead atoms. The van der Waals surface area contributed by atoms with Gasteiger partial charge < -0.3 is 5.11 Å². The van der Waals surface area contributed by atoms with Gasteiger partial charge in [-0.25, -0.2) is 9.48 Å². The summed E-state index contributed by atoms with van der Waals surface area (Å²) in [5.74, 6) is -0.729. The van der Waals surface area contributed by atoms with Crippen molar-refractivity contribution in [3.63, 3.8) is 0 Å². The Hall–Kier alpha value is -1.82. The predicted molar refractivity (Wildman–Crippen MR) is 72.1 cm³/mol. The summed E-state index contributed by atoms with van der Waals surface area (Å²) in [4.78, 5) is 12.3. The molecule has 0 saturated heterocycles. The van der Waals surface area contributed by atoms with Crippen molar-refractivity contribution in [1.82, 2.24) is 15.0 Å². The van der Waals surface area contributed by atoms with E-state index in [9.17, 15) is 9.90 Å². The third-order valence-electron chi connectivity index (χ3n) is 3.17. The van der Waals surface area contributed by atoms with E-state index in [4.69, 9.17) is 0 Å². The number of carbonyl (C=O) groups is 1. The van der Waals surface area contributed by atoms with Crippen LogP contribution in [-0.2, 0) is 0 Å². The number of carboxylic acids is 1. The topological polar surface area (TPSA) is 68.0 Å². The molecule has 0 radical (unpaired) electrons. The van der Waals surface area contributed by atoms with Crippen molar-refractivity contribution < 1.29 is 9.90 Å². The zero-order valence-electron chi connectivity index (χ0n) is 10.4. The Morgan fingerprint density at radius 3 is 2.89 bits per heavy atom. The molecule has 3 rings (SSSR count). The Kier molecular flexibility index (Phi) is 3.02. The monoisotopic (exact) mass is 275 g/mol. The van der Waals surface area contributed by atoms with Gasteiger partial charge in [-0.2, -0.15) is 0 Å². The zero-order chi connectivity index (χ0) is 13.4. The average Bonchev–Trinajstić information content (AvgIpc) is 3.16. The molecule has 1 aliphatic rings. The van der Waals surface area contributed by atoms with Crippen LogP contribution in [0.5, 0.6) is 0 Å². The average molecular weight is 275 g/mol. The van der Waals surface area contributed by atoms with Crippen LogP contribution in [0, 0.1) is 0 Å². The Labute approximate surface area is 114 Å². The molecule has 1 aliphatic carbocycles. The Balaban J connectivity index is 2.11. The van der Waals surface area contributed by atoms with E-state index >= 15 is 0 Å². The Morgan fingerprint density at radius 1 is 1.47 bits per heavy atom. The van der Waals surface area contributed by atoms with Gasteiger partial charge in [0.05, 0.1) is 11.4 Å². The van der Waals surface area contributed by atoms with Gasteiger partial charge in [-0.15, -0.1) is 16.9 Å². The van der Waals surface area contributed by atoms with E-state index in [1.807, 2.05) is 30.5 Å². The van der Waals surface area contributed by atoms with Gasteiger partial charge in [0.25, 0.3) is 0 Å². The largest absolute Gasteiger partial charge is 0.476 e. The zero-order valence-corrected chi connectivity index (χ0v) is 11.2. The van der Waals surface area contributed by atoms with Crippen molar-refractivity contribution in [2.75, 3.05) is 6.26 Å². The van der Waals surface area contributed by atoms with Gasteiger partial charge in [0.1, 0.15) is 0 Å². The van der Waals surface area contributed by atoms with Crippen molar-refractivity contribution in [3.8, 4) is 5.69 Å². The molecule has 19 heavy (non-hydrogen) atoms. The van der Waals surface area contributed by atoms with Crippen LogP contribution < -0.4 is 0 Å². The lowest BCUT2D eigenvalue weighted by Gasteiger charge is -2.07. The number of rotatable bonds is 4. The minimum Gasteiger partial charge on any atom is -0.476 e. The molecule has 1 saturated carbocycles. The number of benzene rings is 1. The van der Waals surface area contributed by atoms with Crippen LogP contribution in [-0.4, -0.2) is 32.3 Å². The summed E-state index contributed by atoms with van der Waals surface area (Å²) >= 11 is 1.64. The fourth-order valence-corrected chi connectivity index (χ4v) is 2.55. The number of hydrogen-bond acceptors (Lipinski definition) is 4. The van der Waals surface area contributed by atoms with Crippen molar-refractivity contribution in [2.24, 2.45) is 0 Å². The molecular weight excluding hydrogens is 262 g/mol. The lowest BCUT2D eigenvalue weighted by atomic mass is 10.2. The maximum atomic E-state index is 11.2. The molecule has 1 heterocycles. The van der Waals surface area contributed by atoms with E-state index in [-0.39, 0.29) is 11.6 Å². The molecule has 5 nitrogen and oxygen atoms in total. The highest BCUT2D eigenvalue weighted by atomic mass is 32.2. The molecule has 2 aromatic rings. The highest BCUT2D eigenvalue weighted by Gasteiger charge is 2.34. The standard InChI is InChI=1S/C13H13N3O2S/c1-19-10-4-2-3-9(7-10)16-12(8-5-6-8)11(13(17)18)14-15-16/h2-4,7-8H,5-6H2,1H3,(H,17,18). The quantitative estimate of drug-likeness (QED) is 0.868. The molecule has 0 amide bonds. The number of carboxylic acid groups (broad SMARTS) is 1. The van der Waals surface area contributed by atoms with E-state index in [1.165, 1.54) is 0 Å². The second kappa shape index (κ2) is 4.70. The van der Waals surface area contributed by atoms with Gasteiger partial charge in [0.2, 0.25) is 0 Å². The van der Waals surface area contributed by atoms with E-state index in [1.54, 1.807) is 16.4 Å². The molecule has 0 spiro atoms. The summed E-state index contributed by atoms with van der Waals surface area (Å²) in [7, 11) is 0. The van der Waals surface area contributed by atoms with Crippen LogP contribution >= 0.6 is 11.8 Å². The summed E-state index contributed by atoms with van der Waals surface area (Å²) < 4.78 is 1.67. The van der Waals surface area contributed by atoms with Gasteiger partial charge in [-0.05, 0) is 37.3 Å². The summed E-state index contributed by atoms with van der Waals surface area (Å²) in [6.45, 7) is 0. The first-order chi connectivity index (χ1) is 9.20. The molecular formula is C13H13N3O2S. The summed E-state index contributed by atoms with van der Waals surface area (Å²) in [6, 6.07) is 7.88. The molecule has 0 unspecified atom stereocenters. The first kappa shape index (κ1) is 12.2. The van der Waals surface area contributed by atoms with Crippen LogP contribution in [0.4, 0.5) is 0 Å². The lowest BCUT2D eigenvalue weighted by Crippen LogP contribution is -2.05. The molecule has 1 N–H and O–H groups in total. The molecule has 98 valence electrons. The van der Waals surface area contributed by atoms with E-state index in [2.05, 4.69) is 10.3 Å². The van der Waals surface area contributed by atoms with E-state index in [0.717, 1.165) is 29.1 Å². The normalized spacial score (nSPS) is 14.6. The first-order valence-corrected chi connectivity index (χ1v) is 7.26. The van der Waals surface area contributed by atoms with Crippen LogP contribution in [0.2, 0.25) is 0 Å². The minimum absolute atomic E-state index is 0.0806. The summed E-state index contributed by atoms with van der Waals surface area (Å²) in [5.41, 5.74) is 1.68. The number of aromatic carboxylic acids is 1. The highest BCUT2D eigenvalue weighted by Crippen LogP contribution is 2.42. The van der Waals surface area contributed by atoms with Gasteiger partial charge in [0, 0.05) is 10.8 Å². The van der Waals surface area contributed by atoms with Crippen molar-refractivity contribution in [2.45, 2.75) is 23.7 Å². The van der Waals surface area contributed by atoms with Gasteiger partial charge in [0.15, 0.2) is 5.69 Å². The maximum absolute atomic E-state index is 11.2. The SMILES string of the molecule is CSc1cccc(-n2nnc(C(=O)O)c2C2CC2)c1. The first-order valence-electron chi connectivity index (χ1n) is 6.04. The van der Waals surface area contributed by atoms with E-state index in [0.29, 0.717) is 0 Å². The van der Waals surface area contributed by atoms with Crippen LogP contribution in [0.15, 0.2) is 29.2 Å². The van der Waals surface area contributed by atoms with Crippen molar-refractivity contribution >= 4 is 17.7 Å². The molecule has 0 atom stereocenters. The smallest absolute Gasteiger partial charge is 0.358 e. The maximum Gasteiger partial charge on any atom is 0.358 e. The highest BCUT2D eigenvalue weighted by molar-refractivity contribution is 7.98. The number of thioether (sulfide) groups is 1. The van der Waals surface area contributed by atoms with Crippen molar-refractivity contribution in [1.29, 1.82) is 0 Å². The Bertz CT molecular complexity index is 635. The third kappa shape index (κ3) is 2.23. The van der Waals surface area contributed by atoms with Gasteiger partial charge >= 0.3 is 5.97 Å². The van der Waals surface area contributed by atoms with Gasteiger partial charge in [-0.3, -0.25) is 0 Å². The minimum atomic E-state index is -1.01. The summed E-state index contributed by atoms with van der Waals surface area (Å²) in [6.07, 6.45) is 4.02. The van der Waals surface area contributed by atoms with Crippen molar-refractivity contribution in [3.05, 3.63) is 35.7 Å². The second-order valence-corrected chi connectivity index (χ2v) is 5.40. The molecule has 1 fully saturated rings. The fraction of sp³-hybridized carbons (Fsp3) is 0.308. The lowest BCUT2D eigenvalue weighted by molar-refractivity contribution is 0.0689. The fourth-order valence-electron chi connectivity index (χ4n) is 2.10. The van der Waals surface area contributed by atoms with Crippen LogP contribution in [0.3, 0.4) is 0 Å². The van der Waals surface area contributed by atoms with Gasteiger partial charge in [-0.1, -0.05) is 11.3 Å². The third-order valence-corrected chi connectivity index (χ3v) is 3.89. The van der Waals surface area contributed by atoms with E-state index < -0.39 is 5.97 Å². The number of aromatic nitrogens is 3. The second-order valence-electron chi connectivity index (χ2n) is 4.52. The van der Waals surface area contributed by atoms with Crippen LogP contribution in [0.25, 0.3) is 5.69 Å².